The van der Waals surface area contributed by atoms with Crippen LogP contribution in [0.1, 0.15) is 33.1 Å². The molecule has 0 aromatic carbocycles. The van der Waals surface area contributed by atoms with Crippen molar-refractivity contribution in [3.63, 3.8) is 0 Å². The number of halogens is 2. The summed E-state index contributed by atoms with van der Waals surface area (Å²) in [5, 5.41) is 3.20. The molecule has 1 fully saturated rings. The van der Waals surface area contributed by atoms with Gasteiger partial charge in [-0.2, -0.15) is 0 Å². The van der Waals surface area contributed by atoms with Crippen molar-refractivity contribution in [3.8, 4) is 0 Å². The molecule has 0 aliphatic heterocycles. The van der Waals surface area contributed by atoms with Gasteiger partial charge in [0.05, 0.1) is 6.10 Å². The van der Waals surface area contributed by atoms with Crippen LogP contribution in [0.4, 0.5) is 8.78 Å². The molecule has 0 aromatic heterocycles. The van der Waals surface area contributed by atoms with Crippen molar-refractivity contribution in [1.29, 1.82) is 0 Å². The summed E-state index contributed by atoms with van der Waals surface area (Å²) in [6.07, 6.45) is 0.605. The number of likely N-dealkylation sites (N-methyl/N-ethyl adjacent to an activating group) is 1. The summed E-state index contributed by atoms with van der Waals surface area (Å²) in [5.74, 6) is 0. The van der Waals surface area contributed by atoms with Gasteiger partial charge >= 0.3 is 0 Å². The lowest BCUT2D eigenvalue weighted by atomic mass is 9.72. The molecular formula is C11H21F2NO. The molecule has 1 saturated carbocycles. The smallest absolute Gasteiger partial charge is 0.261 e. The molecule has 0 aromatic rings. The van der Waals surface area contributed by atoms with Gasteiger partial charge in [0.1, 0.15) is 6.61 Å². The number of hydrogen-bond acceptors (Lipinski definition) is 2. The van der Waals surface area contributed by atoms with Crippen LogP contribution in [-0.2, 0) is 4.74 Å². The lowest BCUT2D eigenvalue weighted by Crippen LogP contribution is -2.52. The van der Waals surface area contributed by atoms with E-state index in [-0.39, 0.29) is 17.6 Å². The standard InChI is InChI=1S/C11H21F2NO/c1-11(2)6-4-5-8(10(11)14-3)15-7-9(12)13/h8-10,14H,4-7H2,1-3H3. The minimum atomic E-state index is -2.37. The Bertz CT molecular complexity index is 197. The van der Waals surface area contributed by atoms with Crippen LogP contribution in [0.3, 0.4) is 0 Å². The third-order valence-electron chi connectivity index (χ3n) is 3.27. The number of ether oxygens (including phenoxy) is 1. The Morgan fingerprint density at radius 3 is 2.67 bits per heavy atom. The third kappa shape index (κ3) is 3.38. The quantitative estimate of drug-likeness (QED) is 0.787. The van der Waals surface area contributed by atoms with Gasteiger partial charge in [-0.05, 0) is 25.3 Å². The Kier molecular flexibility index (Phi) is 4.46. The minimum Gasteiger partial charge on any atom is -0.371 e. The monoisotopic (exact) mass is 221 g/mol. The fourth-order valence-corrected chi connectivity index (χ4v) is 2.54. The van der Waals surface area contributed by atoms with Crippen molar-refractivity contribution < 1.29 is 13.5 Å². The van der Waals surface area contributed by atoms with E-state index in [2.05, 4.69) is 19.2 Å². The van der Waals surface area contributed by atoms with Gasteiger partial charge in [0.2, 0.25) is 0 Å². The van der Waals surface area contributed by atoms with Crippen LogP contribution in [0.2, 0.25) is 0 Å². The largest absolute Gasteiger partial charge is 0.371 e. The van der Waals surface area contributed by atoms with E-state index in [1.54, 1.807) is 0 Å². The van der Waals surface area contributed by atoms with Gasteiger partial charge in [0.25, 0.3) is 6.43 Å². The van der Waals surface area contributed by atoms with Gasteiger partial charge < -0.3 is 10.1 Å². The molecule has 1 aliphatic rings. The first-order valence-electron chi connectivity index (χ1n) is 5.54. The summed E-state index contributed by atoms with van der Waals surface area (Å²) in [7, 11) is 1.87. The lowest BCUT2D eigenvalue weighted by Gasteiger charge is -2.43. The summed E-state index contributed by atoms with van der Waals surface area (Å²) < 4.78 is 29.4. The maximum atomic E-state index is 12.1. The number of rotatable bonds is 4. The molecule has 2 atom stereocenters. The highest BCUT2D eigenvalue weighted by molar-refractivity contribution is 4.93. The molecule has 0 bridgehead atoms. The van der Waals surface area contributed by atoms with Crippen LogP contribution < -0.4 is 5.32 Å². The van der Waals surface area contributed by atoms with Gasteiger partial charge in [-0.25, -0.2) is 8.78 Å². The first kappa shape index (κ1) is 12.8. The highest BCUT2D eigenvalue weighted by Crippen LogP contribution is 2.36. The normalized spacial score (nSPS) is 30.8. The fourth-order valence-electron chi connectivity index (χ4n) is 2.54. The van der Waals surface area contributed by atoms with Crippen molar-refractivity contribution in [2.75, 3.05) is 13.7 Å². The van der Waals surface area contributed by atoms with Crippen LogP contribution in [0, 0.1) is 5.41 Å². The summed E-state index contributed by atoms with van der Waals surface area (Å²) in [6, 6.07) is 0.171. The van der Waals surface area contributed by atoms with Gasteiger partial charge in [-0.15, -0.1) is 0 Å². The minimum absolute atomic E-state index is 0.0762. The summed E-state index contributed by atoms with van der Waals surface area (Å²) in [6.45, 7) is 3.87. The van der Waals surface area contributed by atoms with Gasteiger partial charge in [-0.3, -0.25) is 0 Å². The molecule has 1 rings (SSSR count). The Morgan fingerprint density at radius 1 is 1.47 bits per heavy atom. The predicted molar refractivity (Wildman–Crippen MR) is 56.2 cm³/mol. The molecule has 1 N–H and O–H groups in total. The Hall–Kier alpha value is -0.220. The van der Waals surface area contributed by atoms with Gasteiger partial charge in [-0.1, -0.05) is 20.3 Å². The lowest BCUT2D eigenvalue weighted by molar-refractivity contribution is -0.0731. The molecule has 0 heterocycles. The van der Waals surface area contributed by atoms with Gasteiger partial charge in [0, 0.05) is 6.04 Å². The average molecular weight is 221 g/mol. The van der Waals surface area contributed by atoms with Crippen molar-refractivity contribution in [1.82, 2.24) is 5.32 Å². The zero-order valence-corrected chi connectivity index (χ0v) is 9.72. The van der Waals surface area contributed by atoms with E-state index in [1.165, 1.54) is 0 Å². The molecule has 2 unspecified atom stereocenters. The van der Waals surface area contributed by atoms with Crippen molar-refractivity contribution in [2.24, 2.45) is 5.41 Å². The van der Waals surface area contributed by atoms with Crippen molar-refractivity contribution >= 4 is 0 Å². The SMILES string of the molecule is CNC1C(OCC(F)F)CCCC1(C)C. The second-order valence-electron chi connectivity index (χ2n) is 4.91. The van der Waals surface area contributed by atoms with Crippen LogP contribution in [0.5, 0.6) is 0 Å². The van der Waals surface area contributed by atoms with Crippen LogP contribution >= 0.6 is 0 Å². The molecule has 0 amide bonds. The Labute approximate surface area is 90.4 Å². The molecule has 1 aliphatic carbocycles. The highest BCUT2D eigenvalue weighted by atomic mass is 19.3. The summed E-state index contributed by atoms with van der Waals surface area (Å²) >= 11 is 0. The Morgan fingerprint density at radius 2 is 2.13 bits per heavy atom. The molecule has 0 spiro atoms. The van der Waals surface area contributed by atoms with E-state index in [1.807, 2.05) is 7.05 Å². The molecule has 90 valence electrons. The first-order valence-corrected chi connectivity index (χ1v) is 5.54. The molecule has 0 radical (unpaired) electrons. The maximum absolute atomic E-state index is 12.1. The van der Waals surface area contributed by atoms with E-state index in [9.17, 15) is 8.78 Å². The van der Waals surface area contributed by atoms with Crippen molar-refractivity contribution in [2.45, 2.75) is 51.7 Å². The average Bonchev–Trinajstić information content (AvgIpc) is 2.13. The van der Waals surface area contributed by atoms with Gasteiger partial charge in [0.15, 0.2) is 0 Å². The molecule has 15 heavy (non-hydrogen) atoms. The number of nitrogens with one attached hydrogen (secondary N) is 1. The van der Waals surface area contributed by atoms with Crippen LogP contribution in [0.25, 0.3) is 0 Å². The zero-order valence-electron chi connectivity index (χ0n) is 9.72. The van der Waals surface area contributed by atoms with Crippen molar-refractivity contribution in [3.05, 3.63) is 0 Å². The maximum Gasteiger partial charge on any atom is 0.261 e. The molecule has 2 nitrogen and oxygen atoms in total. The van der Waals surface area contributed by atoms with E-state index in [0.29, 0.717) is 0 Å². The van der Waals surface area contributed by atoms with E-state index >= 15 is 0 Å². The first-order chi connectivity index (χ1) is 6.97. The van der Waals surface area contributed by atoms with Crippen LogP contribution in [0.15, 0.2) is 0 Å². The number of hydrogen-bond donors (Lipinski definition) is 1. The third-order valence-corrected chi connectivity index (χ3v) is 3.27. The Balaban J connectivity index is 2.54. The van der Waals surface area contributed by atoms with E-state index in [0.717, 1.165) is 19.3 Å². The van der Waals surface area contributed by atoms with E-state index < -0.39 is 13.0 Å². The summed E-state index contributed by atoms with van der Waals surface area (Å²) in [4.78, 5) is 0. The highest BCUT2D eigenvalue weighted by Gasteiger charge is 2.38. The second kappa shape index (κ2) is 5.21. The van der Waals surface area contributed by atoms with E-state index in [4.69, 9.17) is 4.74 Å². The molecular weight excluding hydrogens is 200 g/mol. The fraction of sp³-hybridized carbons (Fsp3) is 1.00. The number of alkyl halides is 2. The van der Waals surface area contributed by atoms with Crippen LogP contribution in [-0.4, -0.2) is 32.2 Å². The predicted octanol–water partition coefficient (Wildman–Crippen LogP) is 2.43. The topological polar surface area (TPSA) is 21.3 Å². The zero-order chi connectivity index (χ0) is 11.5. The summed E-state index contributed by atoms with van der Waals surface area (Å²) in [5.41, 5.74) is 0.125. The molecule has 0 saturated heterocycles. The second-order valence-corrected chi connectivity index (χ2v) is 4.91. The molecule has 4 heteroatoms.